The molecular formula is C11H12ClF2NO4S2. The minimum Gasteiger partial charge on any atom is -0.352 e. The lowest BCUT2D eigenvalue weighted by atomic mass is 10.2. The number of rotatable bonds is 6. The number of halogens is 3. The van der Waals surface area contributed by atoms with Crippen molar-refractivity contribution in [2.75, 3.05) is 18.6 Å². The first-order chi connectivity index (χ1) is 9.62. The summed E-state index contributed by atoms with van der Waals surface area (Å²) >= 11 is 0. The van der Waals surface area contributed by atoms with Crippen LogP contribution < -0.4 is 5.32 Å². The van der Waals surface area contributed by atoms with E-state index >= 15 is 0 Å². The molecule has 0 fully saturated rings. The molecule has 1 amide bonds. The molecule has 0 aliphatic carbocycles. The van der Waals surface area contributed by atoms with Crippen LogP contribution in [0.25, 0.3) is 0 Å². The summed E-state index contributed by atoms with van der Waals surface area (Å²) in [6.45, 7) is 0.0946. The zero-order valence-corrected chi connectivity index (χ0v) is 13.2. The second kappa shape index (κ2) is 7.28. The monoisotopic (exact) mass is 359 g/mol. The third-order valence-corrected chi connectivity index (χ3v) is 4.59. The van der Waals surface area contributed by atoms with Crippen LogP contribution in [0.2, 0.25) is 0 Å². The molecule has 1 N–H and O–H groups in total. The third kappa shape index (κ3) is 5.33. The summed E-state index contributed by atoms with van der Waals surface area (Å²) in [4.78, 5) is 10.6. The normalized spacial score (nSPS) is 13.0. The van der Waals surface area contributed by atoms with Crippen LogP contribution >= 0.6 is 10.7 Å². The predicted octanol–water partition coefficient (Wildman–Crippen LogP) is 1.39. The summed E-state index contributed by atoms with van der Waals surface area (Å²) in [5, 5.41) is 2.28. The molecule has 1 aromatic rings. The van der Waals surface area contributed by atoms with Gasteiger partial charge in [-0.25, -0.2) is 17.2 Å². The Balaban J connectivity index is 2.95. The van der Waals surface area contributed by atoms with Gasteiger partial charge < -0.3 is 5.32 Å². The summed E-state index contributed by atoms with van der Waals surface area (Å²) in [5.74, 6) is -3.15. The molecular weight excluding hydrogens is 348 g/mol. The first-order valence-corrected chi connectivity index (χ1v) is 9.68. The zero-order chi connectivity index (χ0) is 16.2. The smallest absolute Gasteiger partial charge is 0.264 e. The van der Waals surface area contributed by atoms with Crippen LogP contribution in [0, 0.1) is 11.6 Å². The van der Waals surface area contributed by atoms with E-state index in [-0.39, 0.29) is 6.54 Å². The average molecular weight is 360 g/mol. The third-order valence-electron chi connectivity index (χ3n) is 2.41. The molecule has 118 valence electrons. The quantitative estimate of drug-likeness (QED) is 0.615. The molecule has 0 aromatic heterocycles. The van der Waals surface area contributed by atoms with Crippen molar-refractivity contribution >= 4 is 36.4 Å². The number of carbonyl (C=O) groups excluding carboxylic acids is 1. The highest BCUT2D eigenvalue weighted by molar-refractivity contribution is 8.13. The fourth-order valence-electron chi connectivity index (χ4n) is 1.48. The fraction of sp³-hybridized carbons (Fsp3) is 0.364. The van der Waals surface area contributed by atoms with E-state index in [1.54, 1.807) is 0 Å². The van der Waals surface area contributed by atoms with Crippen molar-refractivity contribution in [3.63, 3.8) is 0 Å². The lowest BCUT2D eigenvalue weighted by Gasteiger charge is -2.08. The average Bonchev–Trinajstić information content (AvgIpc) is 2.35. The van der Waals surface area contributed by atoms with Crippen molar-refractivity contribution in [3.05, 3.63) is 29.3 Å². The Morgan fingerprint density at radius 1 is 1.38 bits per heavy atom. The van der Waals surface area contributed by atoms with Gasteiger partial charge >= 0.3 is 0 Å². The van der Waals surface area contributed by atoms with Crippen LogP contribution in [0.5, 0.6) is 0 Å². The Bertz CT molecular complexity index is 679. The molecule has 1 unspecified atom stereocenters. The first kappa shape index (κ1) is 18.0. The molecule has 0 saturated heterocycles. The summed E-state index contributed by atoms with van der Waals surface area (Å²) in [5.41, 5.74) is -0.758. The minimum atomic E-state index is -4.51. The maximum atomic E-state index is 13.9. The number of nitrogens with one attached hydrogen (secondary N) is 1. The molecule has 0 aliphatic rings. The van der Waals surface area contributed by atoms with Gasteiger partial charge in [-0.1, -0.05) is 0 Å². The van der Waals surface area contributed by atoms with Gasteiger partial charge in [0.1, 0.15) is 10.7 Å². The molecule has 0 bridgehead atoms. The molecule has 0 heterocycles. The second-order valence-electron chi connectivity index (χ2n) is 4.09. The Morgan fingerprint density at radius 2 is 2.00 bits per heavy atom. The Kier molecular flexibility index (Phi) is 6.24. The summed E-state index contributed by atoms with van der Waals surface area (Å²) in [6.07, 6.45) is 1.87. The number of hydrogen-bond acceptors (Lipinski definition) is 4. The standard InChI is InChI=1S/C11H12ClF2NO4S2/c1-20(17)4-2-3-15-11(16)8-5-7(13)6-9(10(8)14)21(12,18)19/h5-6H,2-4H2,1H3,(H,15,16). The van der Waals surface area contributed by atoms with Crippen LogP contribution in [-0.4, -0.2) is 37.1 Å². The van der Waals surface area contributed by atoms with Gasteiger partial charge in [0.05, 0.1) is 5.56 Å². The van der Waals surface area contributed by atoms with E-state index in [4.69, 9.17) is 10.7 Å². The maximum absolute atomic E-state index is 13.9. The number of benzene rings is 1. The van der Waals surface area contributed by atoms with E-state index in [1.165, 1.54) is 6.26 Å². The molecule has 10 heteroatoms. The summed E-state index contributed by atoms with van der Waals surface area (Å²) in [6, 6.07) is 0.975. The van der Waals surface area contributed by atoms with Crippen LogP contribution in [0.4, 0.5) is 8.78 Å². The van der Waals surface area contributed by atoms with Gasteiger partial charge in [0, 0.05) is 40.0 Å². The minimum absolute atomic E-state index is 0.0946. The van der Waals surface area contributed by atoms with Gasteiger partial charge in [-0.05, 0) is 18.6 Å². The lowest BCUT2D eigenvalue weighted by molar-refractivity contribution is 0.0948. The Morgan fingerprint density at radius 3 is 2.52 bits per heavy atom. The number of amides is 1. The highest BCUT2D eigenvalue weighted by Gasteiger charge is 2.24. The van der Waals surface area contributed by atoms with Crippen LogP contribution in [0.1, 0.15) is 16.8 Å². The van der Waals surface area contributed by atoms with Crippen LogP contribution in [0.3, 0.4) is 0 Å². The lowest BCUT2D eigenvalue weighted by Crippen LogP contribution is -2.27. The van der Waals surface area contributed by atoms with E-state index < -0.39 is 47.9 Å². The van der Waals surface area contributed by atoms with Crippen molar-refractivity contribution < 1.29 is 26.2 Å². The van der Waals surface area contributed by atoms with Crippen LogP contribution in [-0.2, 0) is 19.9 Å². The van der Waals surface area contributed by atoms with E-state index in [2.05, 4.69) is 5.32 Å². The van der Waals surface area contributed by atoms with Gasteiger partial charge in [0.15, 0.2) is 5.82 Å². The van der Waals surface area contributed by atoms with Crippen molar-refractivity contribution in [1.29, 1.82) is 0 Å². The molecule has 1 atom stereocenters. The van der Waals surface area contributed by atoms with Gasteiger partial charge in [-0.2, -0.15) is 0 Å². The largest absolute Gasteiger partial charge is 0.352 e. The first-order valence-electron chi connectivity index (χ1n) is 5.65. The molecule has 1 aromatic carbocycles. The van der Waals surface area contributed by atoms with E-state index in [0.29, 0.717) is 24.3 Å². The summed E-state index contributed by atoms with van der Waals surface area (Å²) < 4.78 is 60.2. The highest BCUT2D eigenvalue weighted by atomic mass is 35.7. The molecule has 0 spiro atoms. The van der Waals surface area contributed by atoms with E-state index in [0.717, 1.165) is 0 Å². The molecule has 1 rings (SSSR count). The Hall–Kier alpha value is -1.06. The van der Waals surface area contributed by atoms with Gasteiger partial charge in [-0.3, -0.25) is 9.00 Å². The molecule has 0 aliphatic heterocycles. The van der Waals surface area contributed by atoms with Crippen molar-refractivity contribution in [2.24, 2.45) is 0 Å². The molecule has 5 nitrogen and oxygen atoms in total. The number of carbonyl (C=O) groups is 1. The van der Waals surface area contributed by atoms with Crippen LogP contribution in [0.15, 0.2) is 17.0 Å². The predicted molar refractivity (Wildman–Crippen MR) is 75.3 cm³/mol. The van der Waals surface area contributed by atoms with Crippen molar-refractivity contribution in [1.82, 2.24) is 5.32 Å². The van der Waals surface area contributed by atoms with Gasteiger partial charge in [-0.15, -0.1) is 0 Å². The SMILES string of the molecule is CS(=O)CCCNC(=O)c1cc(F)cc(S(=O)(=O)Cl)c1F. The number of hydrogen-bond donors (Lipinski definition) is 1. The maximum Gasteiger partial charge on any atom is 0.264 e. The van der Waals surface area contributed by atoms with Gasteiger partial charge in [0.2, 0.25) is 0 Å². The van der Waals surface area contributed by atoms with Gasteiger partial charge in [0.25, 0.3) is 15.0 Å². The molecule has 0 radical (unpaired) electrons. The zero-order valence-electron chi connectivity index (χ0n) is 10.9. The second-order valence-corrected chi connectivity index (χ2v) is 8.18. The van der Waals surface area contributed by atoms with Crippen molar-refractivity contribution in [3.8, 4) is 0 Å². The Labute approximate surface area is 127 Å². The molecule has 0 saturated carbocycles. The summed E-state index contributed by atoms with van der Waals surface area (Å²) in [7, 11) is -0.568. The fourth-order valence-corrected chi connectivity index (χ4v) is 2.94. The van der Waals surface area contributed by atoms with Crippen molar-refractivity contribution in [2.45, 2.75) is 11.3 Å². The van der Waals surface area contributed by atoms with E-state index in [1.807, 2.05) is 0 Å². The van der Waals surface area contributed by atoms with E-state index in [9.17, 15) is 26.2 Å². The topological polar surface area (TPSA) is 80.3 Å². The molecule has 21 heavy (non-hydrogen) atoms. The highest BCUT2D eigenvalue weighted by Crippen LogP contribution is 2.23.